The Morgan fingerprint density at radius 3 is 2.74 bits per heavy atom. The zero-order valence-electron chi connectivity index (χ0n) is 14.3. The fraction of sp³-hybridized carbons (Fsp3) is 0.611. The van der Waals surface area contributed by atoms with Gasteiger partial charge in [-0.25, -0.2) is 0 Å². The van der Waals surface area contributed by atoms with Crippen LogP contribution in [0.3, 0.4) is 0 Å². The second-order valence-electron chi connectivity index (χ2n) is 6.31. The molecule has 1 unspecified atom stereocenters. The summed E-state index contributed by atoms with van der Waals surface area (Å²) in [5, 5.41) is 3.44. The van der Waals surface area contributed by atoms with E-state index in [1.807, 2.05) is 0 Å². The zero-order valence-corrected chi connectivity index (χ0v) is 16.6. The first-order valence-electron chi connectivity index (χ1n) is 8.67. The van der Waals surface area contributed by atoms with Crippen LogP contribution in [0.2, 0.25) is 0 Å². The Kier molecular flexibility index (Phi) is 6.99. The van der Waals surface area contributed by atoms with Crippen LogP contribution in [-0.2, 0) is 6.42 Å². The van der Waals surface area contributed by atoms with Gasteiger partial charge in [0.1, 0.15) is 0 Å². The summed E-state index contributed by atoms with van der Waals surface area (Å²) in [7, 11) is 0. The topological polar surface area (TPSA) is 30.9 Å². The van der Waals surface area contributed by atoms with E-state index >= 15 is 0 Å². The summed E-state index contributed by atoms with van der Waals surface area (Å²) >= 11 is 0. The molecule has 1 aromatic carbocycles. The molecule has 5 heteroatoms. The van der Waals surface area contributed by atoms with Crippen LogP contribution in [0.1, 0.15) is 32.3 Å². The predicted molar refractivity (Wildman–Crippen MR) is 109 cm³/mol. The predicted octanol–water partition coefficient (Wildman–Crippen LogP) is 3.12. The Balaban J connectivity index is 0.00000192. The van der Waals surface area contributed by atoms with Crippen LogP contribution < -0.4 is 10.2 Å². The van der Waals surface area contributed by atoms with Gasteiger partial charge >= 0.3 is 0 Å². The van der Waals surface area contributed by atoms with E-state index in [2.05, 4.69) is 53.2 Å². The van der Waals surface area contributed by atoms with E-state index in [9.17, 15) is 0 Å². The van der Waals surface area contributed by atoms with Crippen molar-refractivity contribution in [1.82, 2.24) is 10.2 Å². The molecule has 0 aliphatic carbocycles. The van der Waals surface area contributed by atoms with Gasteiger partial charge in [-0.05, 0) is 44.7 Å². The normalized spacial score (nSPS) is 20.4. The molecule has 23 heavy (non-hydrogen) atoms. The Labute approximate surface area is 157 Å². The molecule has 2 aliphatic heterocycles. The zero-order chi connectivity index (χ0) is 15.4. The molecule has 3 rings (SSSR count). The lowest BCUT2D eigenvalue weighted by atomic mass is 10.1. The molecule has 0 spiro atoms. The monoisotopic (exact) mass is 428 g/mol. The van der Waals surface area contributed by atoms with Gasteiger partial charge in [0.2, 0.25) is 0 Å². The van der Waals surface area contributed by atoms with Gasteiger partial charge in [0.25, 0.3) is 0 Å². The average molecular weight is 428 g/mol. The van der Waals surface area contributed by atoms with Crippen molar-refractivity contribution in [2.45, 2.75) is 39.2 Å². The maximum atomic E-state index is 4.86. The van der Waals surface area contributed by atoms with Gasteiger partial charge in [0, 0.05) is 37.9 Å². The molecule has 1 aromatic rings. The van der Waals surface area contributed by atoms with E-state index in [0.717, 1.165) is 45.1 Å². The van der Waals surface area contributed by atoms with Gasteiger partial charge in [-0.3, -0.25) is 4.99 Å². The number of guanidine groups is 1. The number of hydrogen-bond acceptors (Lipinski definition) is 2. The third-order valence-electron chi connectivity index (χ3n) is 4.69. The number of fused-ring (bicyclic) bond motifs is 1. The van der Waals surface area contributed by atoms with Gasteiger partial charge in [-0.15, -0.1) is 24.0 Å². The molecule has 1 atom stereocenters. The number of para-hydroxylation sites is 1. The molecule has 0 saturated carbocycles. The summed E-state index contributed by atoms with van der Waals surface area (Å²) in [6, 6.07) is 9.37. The van der Waals surface area contributed by atoms with Gasteiger partial charge in [-0.1, -0.05) is 18.2 Å². The summed E-state index contributed by atoms with van der Waals surface area (Å²) in [5.41, 5.74) is 2.88. The Morgan fingerprint density at radius 2 is 2.00 bits per heavy atom. The van der Waals surface area contributed by atoms with E-state index in [1.54, 1.807) is 0 Å². The average Bonchev–Trinajstić information content (AvgIpc) is 3.15. The standard InChI is InChI=1S/C18H28N4.HI/c1-3-19-18(21-11-6-7-12-21)20-10-13-22-15(2)14-16-8-4-5-9-17(16)22;/h4-5,8-9,15H,3,6-7,10-14H2,1-2H3,(H,19,20);1H. The number of nitrogens with one attached hydrogen (secondary N) is 1. The number of hydrogen-bond donors (Lipinski definition) is 1. The van der Waals surface area contributed by atoms with Crippen molar-refractivity contribution in [1.29, 1.82) is 0 Å². The van der Waals surface area contributed by atoms with Crippen LogP contribution in [0, 0.1) is 0 Å². The van der Waals surface area contributed by atoms with Crippen molar-refractivity contribution in [3.05, 3.63) is 29.8 Å². The fourth-order valence-electron chi connectivity index (χ4n) is 3.59. The number of anilines is 1. The minimum Gasteiger partial charge on any atom is -0.366 e. The quantitative estimate of drug-likeness (QED) is 0.454. The molecule has 1 N–H and O–H groups in total. The van der Waals surface area contributed by atoms with E-state index in [-0.39, 0.29) is 24.0 Å². The lowest BCUT2D eigenvalue weighted by Gasteiger charge is -2.25. The van der Waals surface area contributed by atoms with Crippen molar-refractivity contribution in [2.24, 2.45) is 4.99 Å². The van der Waals surface area contributed by atoms with Crippen molar-refractivity contribution < 1.29 is 0 Å². The second kappa shape index (κ2) is 8.76. The highest BCUT2D eigenvalue weighted by Crippen LogP contribution is 2.31. The molecule has 128 valence electrons. The van der Waals surface area contributed by atoms with Gasteiger partial charge in [0.15, 0.2) is 5.96 Å². The van der Waals surface area contributed by atoms with Crippen LogP contribution in [0.4, 0.5) is 5.69 Å². The maximum absolute atomic E-state index is 4.86. The molecule has 0 amide bonds. The lowest BCUT2D eigenvalue weighted by Crippen LogP contribution is -2.40. The molecule has 0 aromatic heterocycles. The highest BCUT2D eigenvalue weighted by atomic mass is 127. The van der Waals surface area contributed by atoms with Crippen LogP contribution >= 0.6 is 24.0 Å². The first-order chi connectivity index (χ1) is 10.8. The number of aliphatic imine (C=N–C) groups is 1. The van der Waals surface area contributed by atoms with Gasteiger partial charge in [-0.2, -0.15) is 0 Å². The lowest BCUT2D eigenvalue weighted by molar-refractivity contribution is 0.493. The maximum Gasteiger partial charge on any atom is 0.193 e. The summed E-state index contributed by atoms with van der Waals surface area (Å²) in [4.78, 5) is 9.76. The van der Waals surface area contributed by atoms with Gasteiger partial charge in [0.05, 0.1) is 6.54 Å². The van der Waals surface area contributed by atoms with E-state index in [1.165, 1.54) is 24.1 Å². The fourth-order valence-corrected chi connectivity index (χ4v) is 3.59. The SMILES string of the molecule is CCNC(=NCCN1c2ccccc2CC1C)N1CCCC1.I. The number of benzene rings is 1. The molecule has 4 nitrogen and oxygen atoms in total. The number of halogens is 1. The molecule has 2 aliphatic rings. The smallest absolute Gasteiger partial charge is 0.193 e. The summed E-state index contributed by atoms with van der Waals surface area (Å²) < 4.78 is 0. The van der Waals surface area contributed by atoms with E-state index in [4.69, 9.17) is 4.99 Å². The summed E-state index contributed by atoms with van der Waals surface area (Å²) in [5.74, 6) is 1.10. The van der Waals surface area contributed by atoms with E-state index < -0.39 is 0 Å². The van der Waals surface area contributed by atoms with Crippen LogP contribution in [0.5, 0.6) is 0 Å². The molecular formula is C18H29IN4. The molecule has 1 fully saturated rings. The number of likely N-dealkylation sites (tertiary alicyclic amines) is 1. The molecular weight excluding hydrogens is 399 g/mol. The Morgan fingerprint density at radius 1 is 1.26 bits per heavy atom. The van der Waals surface area contributed by atoms with Gasteiger partial charge < -0.3 is 15.1 Å². The highest BCUT2D eigenvalue weighted by molar-refractivity contribution is 14.0. The Bertz CT molecular complexity index is 526. The first-order valence-corrected chi connectivity index (χ1v) is 8.67. The Hall–Kier alpha value is -0.980. The van der Waals surface area contributed by atoms with Crippen molar-refractivity contribution in [3.63, 3.8) is 0 Å². The van der Waals surface area contributed by atoms with Crippen molar-refractivity contribution in [3.8, 4) is 0 Å². The molecule has 0 bridgehead atoms. The molecule has 0 radical (unpaired) electrons. The van der Waals surface area contributed by atoms with E-state index in [0.29, 0.717) is 6.04 Å². The molecule has 2 heterocycles. The highest BCUT2D eigenvalue weighted by Gasteiger charge is 2.24. The third kappa shape index (κ3) is 4.31. The van der Waals surface area contributed by atoms with Crippen molar-refractivity contribution in [2.75, 3.05) is 37.6 Å². The largest absolute Gasteiger partial charge is 0.366 e. The first kappa shape index (κ1) is 18.4. The minimum atomic E-state index is 0. The van der Waals surface area contributed by atoms with Crippen molar-refractivity contribution >= 4 is 35.6 Å². The summed E-state index contributed by atoms with van der Waals surface area (Å²) in [6.07, 6.45) is 3.74. The third-order valence-corrected chi connectivity index (χ3v) is 4.69. The molecule has 1 saturated heterocycles. The van der Waals surface area contributed by atoms with Crippen LogP contribution in [-0.4, -0.2) is 49.6 Å². The second-order valence-corrected chi connectivity index (χ2v) is 6.31. The summed E-state index contributed by atoms with van der Waals surface area (Å²) in [6.45, 7) is 9.56. The number of nitrogens with zero attached hydrogens (tertiary/aromatic N) is 3. The number of rotatable bonds is 4. The van der Waals surface area contributed by atoms with Crippen LogP contribution in [0.15, 0.2) is 29.3 Å². The van der Waals surface area contributed by atoms with Crippen LogP contribution in [0.25, 0.3) is 0 Å². The minimum absolute atomic E-state index is 0.